The third-order valence-electron chi connectivity index (χ3n) is 6.67. The van der Waals surface area contributed by atoms with Crippen LogP contribution in [0.3, 0.4) is 0 Å². The zero-order valence-electron chi connectivity index (χ0n) is 20.9. The maximum Gasteiger partial charge on any atom is 0.232 e. The van der Waals surface area contributed by atoms with Gasteiger partial charge in [0.25, 0.3) is 0 Å². The predicted octanol–water partition coefficient (Wildman–Crippen LogP) is 3.47. The average Bonchev–Trinajstić information content (AvgIpc) is 3.68. The van der Waals surface area contributed by atoms with Crippen molar-refractivity contribution in [1.29, 1.82) is 0 Å². The summed E-state index contributed by atoms with van der Waals surface area (Å²) in [6, 6.07) is 10.2. The van der Waals surface area contributed by atoms with E-state index in [9.17, 15) is 9.50 Å². The Hall–Kier alpha value is -2.76. The van der Waals surface area contributed by atoms with E-state index in [0.29, 0.717) is 75.4 Å². The first-order valence-electron chi connectivity index (χ1n) is 12.9. The molecular formula is C27H34FN3O6. The van der Waals surface area contributed by atoms with E-state index >= 15 is 0 Å². The summed E-state index contributed by atoms with van der Waals surface area (Å²) < 4.78 is 43.0. The second-order valence-electron chi connectivity index (χ2n) is 9.47. The highest BCUT2D eigenvalue weighted by molar-refractivity contribution is 5.69. The summed E-state index contributed by atoms with van der Waals surface area (Å²) in [5, 5.41) is 15.1. The normalized spacial score (nSPS) is 19.1. The second kappa shape index (κ2) is 12.7. The van der Waals surface area contributed by atoms with Crippen LogP contribution in [0.5, 0.6) is 0 Å². The van der Waals surface area contributed by atoms with Crippen molar-refractivity contribution in [2.75, 3.05) is 57.5 Å². The third-order valence-corrected chi connectivity index (χ3v) is 6.67. The quantitative estimate of drug-likeness (QED) is 0.389. The zero-order chi connectivity index (χ0) is 25.5. The van der Waals surface area contributed by atoms with Crippen LogP contribution in [0, 0.1) is 5.82 Å². The molecule has 5 rings (SSSR count). The Bertz CT molecular complexity index is 1100. The van der Waals surface area contributed by atoms with E-state index in [-0.39, 0.29) is 18.5 Å². The lowest BCUT2D eigenvalue weighted by Gasteiger charge is -2.30. The van der Waals surface area contributed by atoms with Crippen LogP contribution in [0.15, 0.2) is 51.6 Å². The fourth-order valence-electron chi connectivity index (χ4n) is 4.87. The zero-order valence-corrected chi connectivity index (χ0v) is 20.9. The number of rotatable bonds is 12. The molecule has 2 saturated heterocycles. The van der Waals surface area contributed by atoms with E-state index in [4.69, 9.17) is 23.2 Å². The van der Waals surface area contributed by atoms with E-state index in [1.165, 1.54) is 6.07 Å². The van der Waals surface area contributed by atoms with Crippen molar-refractivity contribution in [3.05, 3.63) is 59.8 Å². The summed E-state index contributed by atoms with van der Waals surface area (Å²) in [6.07, 6.45) is 2.90. The molecule has 2 unspecified atom stereocenters. The second-order valence-corrected chi connectivity index (χ2v) is 9.47. The first-order chi connectivity index (χ1) is 18.2. The molecule has 200 valence electrons. The minimum Gasteiger partial charge on any atom is -0.467 e. The molecule has 0 aliphatic carbocycles. The summed E-state index contributed by atoms with van der Waals surface area (Å²) in [6.45, 7) is 5.06. The molecule has 2 aromatic heterocycles. The summed E-state index contributed by atoms with van der Waals surface area (Å²) in [7, 11) is 0. The van der Waals surface area contributed by atoms with Gasteiger partial charge in [-0.05, 0) is 37.1 Å². The third kappa shape index (κ3) is 6.77. The van der Waals surface area contributed by atoms with Gasteiger partial charge in [-0.3, -0.25) is 4.90 Å². The van der Waals surface area contributed by atoms with Gasteiger partial charge in [-0.1, -0.05) is 17.3 Å². The molecule has 2 aliphatic rings. The highest BCUT2D eigenvalue weighted by Gasteiger charge is 2.29. The average molecular weight is 516 g/mol. The van der Waals surface area contributed by atoms with E-state index in [1.807, 2.05) is 6.07 Å². The van der Waals surface area contributed by atoms with E-state index < -0.39 is 6.10 Å². The number of aromatic nitrogens is 1. The summed E-state index contributed by atoms with van der Waals surface area (Å²) in [5.41, 5.74) is 1.65. The Morgan fingerprint density at radius 3 is 2.78 bits per heavy atom. The highest BCUT2D eigenvalue weighted by Crippen LogP contribution is 2.34. The Kier molecular flexibility index (Phi) is 8.85. The molecule has 0 saturated carbocycles. The number of benzene rings is 1. The summed E-state index contributed by atoms with van der Waals surface area (Å²) >= 11 is 0. The molecule has 0 radical (unpaired) electrons. The molecule has 2 aliphatic heterocycles. The lowest BCUT2D eigenvalue weighted by Crippen LogP contribution is -2.40. The first kappa shape index (κ1) is 25.9. The van der Waals surface area contributed by atoms with Crippen molar-refractivity contribution in [3.63, 3.8) is 0 Å². The predicted molar refractivity (Wildman–Crippen MR) is 134 cm³/mol. The van der Waals surface area contributed by atoms with Crippen molar-refractivity contribution >= 4 is 5.88 Å². The number of anilines is 1. The molecule has 0 bridgehead atoms. The maximum absolute atomic E-state index is 14.8. The smallest absolute Gasteiger partial charge is 0.232 e. The number of nitrogens with zero attached hydrogens (tertiary/aromatic N) is 3. The first-order valence-corrected chi connectivity index (χ1v) is 12.9. The molecule has 2 fully saturated rings. The number of aliphatic hydroxyl groups excluding tert-OH is 1. The number of hydrogen-bond donors (Lipinski definition) is 1. The van der Waals surface area contributed by atoms with Crippen molar-refractivity contribution in [1.82, 2.24) is 10.1 Å². The number of halogens is 1. The lowest BCUT2D eigenvalue weighted by atomic mass is 10.1. The molecule has 0 spiro atoms. The molecule has 1 aromatic carbocycles. The molecule has 1 N–H and O–H groups in total. The largest absolute Gasteiger partial charge is 0.467 e. The van der Waals surface area contributed by atoms with Gasteiger partial charge in [0.15, 0.2) is 0 Å². The van der Waals surface area contributed by atoms with Gasteiger partial charge in [0.1, 0.15) is 23.9 Å². The minimum absolute atomic E-state index is 0.0693. The van der Waals surface area contributed by atoms with Crippen molar-refractivity contribution < 1.29 is 32.6 Å². The van der Waals surface area contributed by atoms with Crippen molar-refractivity contribution in [3.8, 4) is 11.3 Å². The van der Waals surface area contributed by atoms with E-state index in [0.717, 1.165) is 25.0 Å². The van der Waals surface area contributed by atoms with Gasteiger partial charge < -0.3 is 33.2 Å². The summed E-state index contributed by atoms with van der Waals surface area (Å²) in [4.78, 5) is 4.21. The Labute approximate surface area is 215 Å². The van der Waals surface area contributed by atoms with Crippen LogP contribution in [-0.4, -0.2) is 80.0 Å². The number of hydrogen-bond acceptors (Lipinski definition) is 9. The Morgan fingerprint density at radius 2 is 2.03 bits per heavy atom. The van der Waals surface area contributed by atoms with Crippen LogP contribution in [0.4, 0.5) is 10.3 Å². The van der Waals surface area contributed by atoms with Gasteiger partial charge in [0.05, 0.1) is 43.9 Å². The minimum atomic E-state index is -0.736. The highest BCUT2D eigenvalue weighted by atomic mass is 19.1. The fraction of sp³-hybridized carbons (Fsp3) is 0.519. The molecule has 2 atom stereocenters. The van der Waals surface area contributed by atoms with Crippen LogP contribution in [0.25, 0.3) is 11.3 Å². The van der Waals surface area contributed by atoms with Crippen molar-refractivity contribution in [2.45, 2.75) is 38.2 Å². The van der Waals surface area contributed by atoms with Gasteiger partial charge in [-0.15, -0.1) is 0 Å². The van der Waals surface area contributed by atoms with E-state index in [2.05, 4.69) is 15.0 Å². The number of morpholine rings is 1. The van der Waals surface area contributed by atoms with Crippen LogP contribution < -0.4 is 4.90 Å². The molecule has 3 aromatic rings. The van der Waals surface area contributed by atoms with Gasteiger partial charge in [-0.2, -0.15) is 0 Å². The van der Waals surface area contributed by atoms with Crippen LogP contribution in [-0.2, 0) is 27.4 Å². The number of ether oxygens (including phenoxy) is 3. The fourth-order valence-corrected chi connectivity index (χ4v) is 4.87. The van der Waals surface area contributed by atoms with Gasteiger partial charge in [-0.25, -0.2) is 4.39 Å². The number of furan rings is 1. The van der Waals surface area contributed by atoms with Crippen LogP contribution >= 0.6 is 0 Å². The van der Waals surface area contributed by atoms with Gasteiger partial charge >= 0.3 is 0 Å². The number of aliphatic hydroxyl groups is 1. The summed E-state index contributed by atoms with van der Waals surface area (Å²) in [5.74, 6) is 0.961. The van der Waals surface area contributed by atoms with Crippen LogP contribution in [0.1, 0.15) is 24.2 Å². The molecule has 9 nitrogen and oxygen atoms in total. The topological polar surface area (TPSA) is 93.6 Å². The molecule has 0 amide bonds. The maximum atomic E-state index is 14.8. The Morgan fingerprint density at radius 1 is 1.16 bits per heavy atom. The van der Waals surface area contributed by atoms with Crippen LogP contribution in [0.2, 0.25) is 0 Å². The molecule has 37 heavy (non-hydrogen) atoms. The Balaban J connectivity index is 1.36. The van der Waals surface area contributed by atoms with Crippen molar-refractivity contribution in [2.24, 2.45) is 0 Å². The van der Waals surface area contributed by atoms with Gasteiger partial charge in [0.2, 0.25) is 5.88 Å². The van der Waals surface area contributed by atoms with Gasteiger partial charge in [0, 0.05) is 44.9 Å². The monoisotopic (exact) mass is 515 g/mol. The van der Waals surface area contributed by atoms with E-state index in [1.54, 1.807) is 30.5 Å². The lowest BCUT2D eigenvalue weighted by molar-refractivity contribution is -0.00635. The SMILES string of the molecule is OC(COCc1ccco1)CN(Cc1c(-c2ccccc2F)noc1N1CCOCC1)CC1CCCO1. The molecule has 10 heteroatoms. The molecular weight excluding hydrogens is 481 g/mol. The molecule has 4 heterocycles. The standard InChI is InChI=1S/C27H34FN3O6/c28-25-8-2-1-7-23(25)26-24(27(37-29-26)31-9-13-33-14-10-31)17-30(16-21-5-3-11-35-21)15-20(32)18-34-19-22-6-4-12-36-22/h1-2,4,6-8,12,20-21,32H,3,5,9-11,13-19H2.